The van der Waals surface area contributed by atoms with Gasteiger partial charge in [-0.1, -0.05) is 52.6 Å². The van der Waals surface area contributed by atoms with Gasteiger partial charge in [0.1, 0.15) is 0 Å². The highest BCUT2D eigenvalue weighted by atomic mass is 79.9. The van der Waals surface area contributed by atoms with Crippen molar-refractivity contribution in [1.82, 2.24) is 0 Å². The van der Waals surface area contributed by atoms with E-state index in [-0.39, 0.29) is 0 Å². The molecule has 1 radical (unpaired) electrons. The number of halogens is 2. The van der Waals surface area contributed by atoms with Gasteiger partial charge < -0.3 is 0 Å². The molecule has 2 atom stereocenters. The number of hydrogen-bond donors (Lipinski definition) is 0. The summed E-state index contributed by atoms with van der Waals surface area (Å²) < 4.78 is 0. The summed E-state index contributed by atoms with van der Waals surface area (Å²) in [6.45, 7) is 6.38. The fourth-order valence-corrected chi connectivity index (χ4v) is 0.988. The van der Waals surface area contributed by atoms with Crippen molar-refractivity contribution < 1.29 is 0 Å². The molecule has 0 amide bonds. The first-order chi connectivity index (χ1) is 3.55. The second-order valence-corrected chi connectivity index (χ2v) is 4.59. The van der Waals surface area contributed by atoms with Crippen LogP contribution in [0.15, 0.2) is 0 Å². The molecule has 0 nitrogen and oxygen atoms in total. The molecule has 0 N–H and O–H groups in total. The maximum absolute atomic E-state index is 3.52. The molecule has 0 aliphatic rings. The molecule has 8 heavy (non-hydrogen) atoms. The number of hydrogen-bond acceptors (Lipinski definition) is 0. The fourth-order valence-electron chi connectivity index (χ4n) is 0.459. The molecule has 0 aromatic carbocycles. The second-order valence-electron chi connectivity index (χ2n) is 2.16. The van der Waals surface area contributed by atoms with Gasteiger partial charge in [-0.3, -0.25) is 0 Å². The average molecular weight is 243 g/mol. The summed E-state index contributed by atoms with van der Waals surface area (Å²) in [5.41, 5.74) is 0. The van der Waals surface area contributed by atoms with Crippen LogP contribution in [0.1, 0.15) is 20.8 Å². The molecule has 0 saturated heterocycles. The van der Waals surface area contributed by atoms with Gasteiger partial charge in [-0.05, 0) is 5.92 Å². The molecule has 0 heterocycles. The molecule has 0 bridgehead atoms. The molecule has 0 aliphatic carbocycles. The molecule has 0 aromatic rings. The Morgan fingerprint density at radius 2 is 1.62 bits per heavy atom. The Morgan fingerprint density at radius 3 is 1.62 bits per heavy atom. The Hall–Kier alpha value is 0.960. The van der Waals surface area contributed by atoms with Crippen molar-refractivity contribution in [2.75, 3.05) is 0 Å². The van der Waals surface area contributed by atoms with E-state index >= 15 is 0 Å². The van der Waals surface area contributed by atoms with Gasteiger partial charge in [-0.2, -0.15) is 0 Å². The van der Waals surface area contributed by atoms with Gasteiger partial charge in [-0.25, -0.2) is 0 Å². The summed E-state index contributed by atoms with van der Waals surface area (Å²) >= 11 is 7.00. The Bertz CT molecular complexity index is 51.5. The van der Waals surface area contributed by atoms with Crippen molar-refractivity contribution in [3.63, 3.8) is 0 Å². The second kappa shape index (κ2) is 3.89. The smallest absolute Gasteiger partial charge is 0.0324 e. The highest BCUT2D eigenvalue weighted by Crippen LogP contribution is 2.22. The predicted octanol–water partition coefficient (Wildman–Crippen LogP) is 3.15. The van der Waals surface area contributed by atoms with E-state index in [9.17, 15) is 0 Å². The van der Waals surface area contributed by atoms with Gasteiger partial charge in [0, 0.05) is 9.65 Å². The predicted molar refractivity (Wildman–Crippen MR) is 45.7 cm³/mol. The van der Waals surface area contributed by atoms with Crippen LogP contribution in [0.25, 0.3) is 0 Å². The Morgan fingerprint density at radius 1 is 1.25 bits per heavy atom. The van der Waals surface area contributed by atoms with Crippen LogP contribution in [0.5, 0.6) is 0 Å². The van der Waals surface area contributed by atoms with Crippen LogP contribution in [-0.4, -0.2) is 9.65 Å². The molecule has 0 saturated carbocycles. The normalized spacial score (nSPS) is 18.8. The molecule has 0 fully saturated rings. The topological polar surface area (TPSA) is 0 Å². The molecular formula is C6H11Br2. The highest BCUT2D eigenvalue weighted by molar-refractivity contribution is 9.12. The molecule has 0 aromatic heterocycles. The molecular weight excluding hydrogens is 232 g/mol. The highest BCUT2D eigenvalue weighted by Gasteiger charge is 2.13. The molecule has 0 spiro atoms. The first kappa shape index (κ1) is 8.96. The summed E-state index contributed by atoms with van der Waals surface area (Å²) in [7, 11) is 0. The minimum atomic E-state index is 0.516. The third-order valence-corrected chi connectivity index (χ3v) is 3.90. The summed E-state index contributed by atoms with van der Waals surface area (Å²) in [6, 6.07) is 0. The van der Waals surface area contributed by atoms with Gasteiger partial charge in [0.15, 0.2) is 0 Å². The maximum atomic E-state index is 3.52. The van der Waals surface area contributed by atoms with Crippen LogP contribution < -0.4 is 0 Å². The zero-order chi connectivity index (χ0) is 6.73. The van der Waals surface area contributed by atoms with Crippen LogP contribution in [0, 0.1) is 5.92 Å². The fraction of sp³-hybridized carbons (Fsp3) is 0.833. The van der Waals surface area contributed by atoms with Crippen molar-refractivity contribution in [2.45, 2.75) is 30.4 Å². The lowest BCUT2D eigenvalue weighted by atomic mass is 10.1. The van der Waals surface area contributed by atoms with E-state index in [0.717, 1.165) is 0 Å². The number of alkyl halides is 2. The van der Waals surface area contributed by atoms with Crippen LogP contribution in [0.2, 0.25) is 0 Å². The summed E-state index contributed by atoms with van der Waals surface area (Å²) in [5.74, 6) is 1.41. The van der Waals surface area contributed by atoms with Gasteiger partial charge in [0.05, 0.1) is 0 Å². The van der Waals surface area contributed by atoms with Crippen LogP contribution in [-0.2, 0) is 0 Å². The van der Waals surface area contributed by atoms with Gasteiger partial charge in [0.2, 0.25) is 0 Å². The molecule has 2 heteroatoms. The van der Waals surface area contributed by atoms with E-state index in [2.05, 4.69) is 52.6 Å². The first-order valence-electron chi connectivity index (χ1n) is 2.64. The average Bonchev–Trinajstić information content (AvgIpc) is 1.64. The van der Waals surface area contributed by atoms with E-state index in [1.165, 1.54) is 5.92 Å². The third kappa shape index (κ3) is 3.08. The standard InChI is InChI=1S/C6H11Br2/c1-4(2)6(8)5(3)7/h5-6H,1-3H3. The van der Waals surface area contributed by atoms with Crippen LogP contribution in [0.3, 0.4) is 0 Å². The van der Waals surface area contributed by atoms with Gasteiger partial charge >= 0.3 is 0 Å². The minimum absolute atomic E-state index is 0.516. The molecule has 49 valence electrons. The molecule has 0 rings (SSSR count). The quantitative estimate of drug-likeness (QED) is 0.653. The van der Waals surface area contributed by atoms with Crippen LogP contribution >= 0.6 is 31.9 Å². The van der Waals surface area contributed by atoms with Gasteiger partial charge in [0.25, 0.3) is 0 Å². The lowest BCUT2D eigenvalue weighted by Gasteiger charge is -2.14. The largest absolute Gasteiger partial charge is 0.0881 e. The van der Waals surface area contributed by atoms with E-state index < -0.39 is 0 Å². The Balaban J connectivity index is 3.46. The zero-order valence-electron chi connectivity index (χ0n) is 5.41. The monoisotopic (exact) mass is 241 g/mol. The first-order valence-corrected chi connectivity index (χ1v) is 4.47. The Kier molecular flexibility index (Phi) is 4.35. The van der Waals surface area contributed by atoms with Gasteiger partial charge in [-0.15, -0.1) is 0 Å². The van der Waals surface area contributed by atoms with Crippen molar-refractivity contribution in [1.29, 1.82) is 0 Å². The summed E-state index contributed by atoms with van der Waals surface area (Å²) in [6.07, 6.45) is 0. The molecule has 2 unspecified atom stereocenters. The molecule has 0 aliphatic heterocycles. The van der Waals surface area contributed by atoms with E-state index in [1.54, 1.807) is 0 Å². The minimum Gasteiger partial charge on any atom is -0.0881 e. The third-order valence-electron chi connectivity index (χ3n) is 0.955. The van der Waals surface area contributed by atoms with Crippen molar-refractivity contribution >= 4 is 31.9 Å². The Labute approximate surface area is 68.3 Å². The summed E-state index contributed by atoms with van der Waals surface area (Å²) in [5, 5.41) is 0. The number of rotatable bonds is 2. The van der Waals surface area contributed by atoms with E-state index in [4.69, 9.17) is 0 Å². The van der Waals surface area contributed by atoms with Crippen LogP contribution in [0.4, 0.5) is 0 Å². The lowest BCUT2D eigenvalue weighted by molar-refractivity contribution is 0.864. The SMILES string of the molecule is C[C](C)C(Br)C(C)Br. The van der Waals surface area contributed by atoms with E-state index in [0.29, 0.717) is 9.65 Å². The van der Waals surface area contributed by atoms with Crippen molar-refractivity contribution in [2.24, 2.45) is 0 Å². The van der Waals surface area contributed by atoms with E-state index in [1.807, 2.05) is 0 Å². The lowest BCUT2D eigenvalue weighted by Crippen LogP contribution is -2.14. The zero-order valence-corrected chi connectivity index (χ0v) is 8.58. The van der Waals surface area contributed by atoms with Crippen molar-refractivity contribution in [3.05, 3.63) is 5.92 Å². The summed E-state index contributed by atoms with van der Waals surface area (Å²) in [4.78, 5) is 1.05. The maximum Gasteiger partial charge on any atom is 0.0324 e. The van der Waals surface area contributed by atoms with Crippen molar-refractivity contribution in [3.8, 4) is 0 Å².